The monoisotopic (exact) mass is 454 g/mol. The van der Waals surface area contributed by atoms with E-state index >= 15 is 0 Å². The Morgan fingerprint density at radius 1 is 1.00 bits per heavy atom. The van der Waals surface area contributed by atoms with Crippen LogP contribution in [0.1, 0.15) is 91.4 Å². The fourth-order valence-electron chi connectivity index (χ4n) is 3.74. The van der Waals surface area contributed by atoms with E-state index in [1.807, 2.05) is 55.4 Å². The molecular formula is C27H38N2O4. The molecule has 2 aromatic rings. The first-order valence-corrected chi connectivity index (χ1v) is 11.3. The third-order valence-corrected chi connectivity index (χ3v) is 5.65. The summed E-state index contributed by atoms with van der Waals surface area (Å²) in [5.41, 5.74) is 9.12. The Bertz CT molecular complexity index is 1010. The van der Waals surface area contributed by atoms with E-state index in [1.165, 1.54) is 0 Å². The molecule has 0 saturated carbocycles. The molecule has 6 heteroatoms. The summed E-state index contributed by atoms with van der Waals surface area (Å²) in [6.07, 6.45) is 0. The molecule has 33 heavy (non-hydrogen) atoms. The second-order valence-corrected chi connectivity index (χ2v) is 10.5. The smallest absolute Gasteiger partial charge is 0.252 e. The Kier molecular flexibility index (Phi) is 7.96. The number of phenolic OH excluding ortho intramolecular Hbond substituents is 1. The quantitative estimate of drug-likeness (QED) is 0.499. The van der Waals surface area contributed by atoms with Crippen molar-refractivity contribution in [3.05, 3.63) is 57.6 Å². The zero-order valence-corrected chi connectivity index (χ0v) is 21.2. The van der Waals surface area contributed by atoms with E-state index in [4.69, 9.17) is 10.5 Å². The van der Waals surface area contributed by atoms with Crippen LogP contribution < -0.4 is 15.8 Å². The summed E-state index contributed by atoms with van der Waals surface area (Å²) in [5, 5.41) is 14.1. The number of carbonyl (C=O) groups excluding carboxylic acids is 2. The number of hydrogen-bond acceptors (Lipinski definition) is 5. The molecule has 2 rings (SSSR count). The molecule has 0 aliphatic rings. The number of primary amides is 1. The first kappa shape index (κ1) is 26.4. The first-order valence-electron chi connectivity index (χ1n) is 11.3. The minimum atomic E-state index is -0.534. The van der Waals surface area contributed by atoms with Crippen molar-refractivity contribution in [2.45, 2.75) is 72.8 Å². The molecular weight excluding hydrogens is 416 g/mol. The lowest BCUT2D eigenvalue weighted by Gasteiger charge is -2.28. The average molecular weight is 455 g/mol. The van der Waals surface area contributed by atoms with Crippen LogP contribution in [0.3, 0.4) is 0 Å². The minimum Gasteiger partial charge on any atom is -0.507 e. The zero-order chi connectivity index (χ0) is 25.1. The molecule has 0 aliphatic carbocycles. The molecule has 0 bridgehead atoms. The van der Waals surface area contributed by atoms with Crippen LogP contribution in [0.5, 0.6) is 11.5 Å². The minimum absolute atomic E-state index is 0.0533. The second kappa shape index (κ2) is 9.96. The lowest BCUT2D eigenvalue weighted by molar-refractivity contribution is 0.0985. The van der Waals surface area contributed by atoms with Crippen LogP contribution >= 0.6 is 0 Å². The van der Waals surface area contributed by atoms with Gasteiger partial charge in [0.1, 0.15) is 11.5 Å². The topological polar surface area (TPSA) is 102 Å². The molecule has 0 saturated heterocycles. The van der Waals surface area contributed by atoms with Crippen molar-refractivity contribution >= 4 is 11.7 Å². The summed E-state index contributed by atoms with van der Waals surface area (Å²) in [6.45, 7) is 16.9. The predicted molar refractivity (Wildman–Crippen MR) is 132 cm³/mol. The lowest BCUT2D eigenvalue weighted by atomic mass is 9.78. The molecule has 6 nitrogen and oxygen atoms in total. The molecule has 0 aromatic heterocycles. The number of hydrogen-bond donors (Lipinski definition) is 3. The van der Waals surface area contributed by atoms with Crippen molar-refractivity contribution in [3.63, 3.8) is 0 Å². The number of ketones is 1. The Labute approximate surface area is 197 Å². The first-order chi connectivity index (χ1) is 15.2. The van der Waals surface area contributed by atoms with Gasteiger partial charge in [-0.25, -0.2) is 0 Å². The molecule has 0 aliphatic heterocycles. The molecule has 1 amide bonds. The van der Waals surface area contributed by atoms with Crippen LogP contribution in [-0.2, 0) is 17.4 Å². The summed E-state index contributed by atoms with van der Waals surface area (Å²) >= 11 is 0. The van der Waals surface area contributed by atoms with Gasteiger partial charge in [-0.05, 0) is 60.1 Å². The highest BCUT2D eigenvalue weighted by molar-refractivity contribution is 5.98. The average Bonchev–Trinajstić information content (AvgIpc) is 2.68. The Balaban J connectivity index is 2.27. The van der Waals surface area contributed by atoms with E-state index in [1.54, 1.807) is 24.3 Å². The van der Waals surface area contributed by atoms with Gasteiger partial charge in [0.05, 0.1) is 18.7 Å². The molecule has 2 aromatic carbocycles. The Morgan fingerprint density at radius 3 is 2.00 bits per heavy atom. The summed E-state index contributed by atoms with van der Waals surface area (Å²) in [7, 11) is 0. The Morgan fingerprint density at radius 2 is 1.55 bits per heavy atom. The van der Waals surface area contributed by atoms with E-state index in [-0.39, 0.29) is 28.9 Å². The summed E-state index contributed by atoms with van der Waals surface area (Å²) in [6, 6.07) is 7.12. The SMILES string of the molecule is CCOc1cc(CNCC(=O)c2cc(C(C)(C)C)c(O)c(C(C)(C)C)c2)c(C)cc1C(N)=O. The Hall–Kier alpha value is -2.86. The van der Waals surface area contributed by atoms with Gasteiger partial charge in [0.2, 0.25) is 0 Å². The summed E-state index contributed by atoms with van der Waals surface area (Å²) in [5.74, 6) is 0.116. The van der Waals surface area contributed by atoms with E-state index in [0.29, 0.717) is 30.0 Å². The molecule has 4 N–H and O–H groups in total. The van der Waals surface area contributed by atoms with Crippen molar-refractivity contribution in [3.8, 4) is 11.5 Å². The highest BCUT2D eigenvalue weighted by Crippen LogP contribution is 2.39. The number of benzene rings is 2. The highest BCUT2D eigenvalue weighted by atomic mass is 16.5. The van der Waals surface area contributed by atoms with Crippen molar-refractivity contribution in [2.24, 2.45) is 5.73 Å². The van der Waals surface area contributed by atoms with Gasteiger partial charge in [0.25, 0.3) is 5.91 Å². The van der Waals surface area contributed by atoms with Crippen molar-refractivity contribution < 1.29 is 19.4 Å². The third-order valence-electron chi connectivity index (χ3n) is 5.65. The van der Waals surface area contributed by atoms with Gasteiger partial charge in [-0.15, -0.1) is 0 Å². The summed E-state index contributed by atoms with van der Waals surface area (Å²) < 4.78 is 5.57. The maximum atomic E-state index is 13.1. The number of carbonyl (C=O) groups is 2. The largest absolute Gasteiger partial charge is 0.507 e. The molecule has 0 heterocycles. The van der Waals surface area contributed by atoms with Crippen LogP contribution in [0.15, 0.2) is 24.3 Å². The summed E-state index contributed by atoms with van der Waals surface area (Å²) in [4.78, 5) is 24.8. The van der Waals surface area contributed by atoms with E-state index in [9.17, 15) is 14.7 Å². The van der Waals surface area contributed by atoms with Gasteiger partial charge in [-0.1, -0.05) is 41.5 Å². The molecule has 0 fully saturated rings. The van der Waals surface area contributed by atoms with E-state index < -0.39 is 5.91 Å². The van der Waals surface area contributed by atoms with Crippen molar-refractivity contribution in [1.29, 1.82) is 0 Å². The van der Waals surface area contributed by atoms with Crippen LogP contribution in [0.25, 0.3) is 0 Å². The lowest BCUT2D eigenvalue weighted by Crippen LogP contribution is -2.25. The molecule has 180 valence electrons. The van der Waals surface area contributed by atoms with Gasteiger partial charge >= 0.3 is 0 Å². The van der Waals surface area contributed by atoms with Gasteiger partial charge in [-0.3, -0.25) is 9.59 Å². The van der Waals surface area contributed by atoms with Crippen LogP contribution in [0.4, 0.5) is 0 Å². The number of aryl methyl sites for hydroxylation is 1. The predicted octanol–water partition coefficient (Wildman–Crippen LogP) is 4.77. The van der Waals surface area contributed by atoms with Crippen molar-refractivity contribution in [2.75, 3.05) is 13.2 Å². The van der Waals surface area contributed by atoms with Gasteiger partial charge in [0, 0.05) is 23.2 Å². The third kappa shape index (κ3) is 6.35. The van der Waals surface area contributed by atoms with Gasteiger partial charge in [0.15, 0.2) is 5.78 Å². The normalized spacial score (nSPS) is 12.0. The fourth-order valence-corrected chi connectivity index (χ4v) is 3.74. The fraction of sp³-hybridized carbons (Fsp3) is 0.481. The molecule has 0 radical (unpaired) electrons. The maximum absolute atomic E-state index is 13.1. The molecule has 0 spiro atoms. The number of phenols is 1. The number of ether oxygens (including phenoxy) is 1. The van der Waals surface area contributed by atoms with Crippen LogP contribution in [0, 0.1) is 6.92 Å². The van der Waals surface area contributed by atoms with E-state index in [2.05, 4.69) is 5.32 Å². The number of Topliss-reactive ketones (excluding diaryl/α,β-unsaturated/α-hetero) is 1. The number of nitrogens with one attached hydrogen (secondary N) is 1. The molecule has 0 atom stereocenters. The number of aromatic hydroxyl groups is 1. The number of nitrogens with two attached hydrogens (primary N) is 1. The van der Waals surface area contributed by atoms with Gasteiger partial charge < -0.3 is 20.9 Å². The standard InChI is InChI=1S/C27H38N2O4/c1-9-33-23-13-18(16(2)10-19(23)25(28)32)14-29-15-22(30)17-11-20(26(3,4)5)24(31)21(12-17)27(6,7)8/h10-13,29,31H,9,14-15H2,1-8H3,(H2,28,32). The number of amides is 1. The van der Waals surface area contributed by atoms with Crippen LogP contribution in [0.2, 0.25) is 0 Å². The van der Waals surface area contributed by atoms with Crippen molar-refractivity contribution in [1.82, 2.24) is 5.32 Å². The highest BCUT2D eigenvalue weighted by Gasteiger charge is 2.27. The van der Waals surface area contributed by atoms with Gasteiger partial charge in [-0.2, -0.15) is 0 Å². The van der Waals surface area contributed by atoms with E-state index in [0.717, 1.165) is 22.3 Å². The molecule has 0 unspecified atom stereocenters. The zero-order valence-electron chi connectivity index (χ0n) is 21.2. The number of rotatable bonds is 8. The second-order valence-electron chi connectivity index (χ2n) is 10.5. The van der Waals surface area contributed by atoms with Crippen LogP contribution in [-0.4, -0.2) is 29.9 Å². The maximum Gasteiger partial charge on any atom is 0.252 e.